The maximum atomic E-state index is 11.8. The first kappa shape index (κ1) is 14.7. The average Bonchev–Trinajstić information content (AvgIpc) is 2.93. The lowest BCUT2D eigenvalue weighted by Crippen LogP contribution is -2.11. The molecule has 2 aromatic carbocycles. The van der Waals surface area contributed by atoms with E-state index in [1.54, 1.807) is 11.3 Å². The molecule has 1 aromatic heterocycles. The topological polar surface area (TPSA) is 42.0 Å². The molecule has 0 saturated carbocycles. The van der Waals surface area contributed by atoms with Gasteiger partial charge in [0.25, 0.3) is 0 Å². The first-order valence-corrected chi connectivity index (χ1v) is 8.25. The number of benzene rings is 2. The molecule has 0 fully saturated rings. The van der Waals surface area contributed by atoms with Gasteiger partial charge in [-0.3, -0.25) is 4.79 Å². The van der Waals surface area contributed by atoms with Gasteiger partial charge in [-0.05, 0) is 37.1 Å². The fraction of sp³-hybridized carbons (Fsp3) is 0.222. The number of amides is 1. The maximum Gasteiger partial charge on any atom is 0.224 e. The van der Waals surface area contributed by atoms with Gasteiger partial charge in [-0.25, -0.2) is 4.98 Å². The Balaban J connectivity index is 1.95. The van der Waals surface area contributed by atoms with Crippen LogP contribution in [0.5, 0.6) is 0 Å². The van der Waals surface area contributed by atoms with E-state index in [1.807, 2.05) is 44.2 Å². The van der Waals surface area contributed by atoms with Crippen molar-refractivity contribution in [1.82, 2.24) is 4.98 Å². The normalized spacial score (nSPS) is 10.8. The summed E-state index contributed by atoms with van der Waals surface area (Å²) in [6.07, 6.45) is 1.40. The molecule has 0 aliphatic heterocycles. The van der Waals surface area contributed by atoms with Crippen molar-refractivity contribution >= 4 is 33.1 Å². The highest BCUT2D eigenvalue weighted by molar-refractivity contribution is 7.21. The van der Waals surface area contributed by atoms with Gasteiger partial charge in [-0.1, -0.05) is 31.2 Å². The first-order chi connectivity index (χ1) is 10.7. The van der Waals surface area contributed by atoms with E-state index in [4.69, 9.17) is 0 Å². The monoisotopic (exact) mass is 310 g/mol. The van der Waals surface area contributed by atoms with Crippen molar-refractivity contribution in [2.75, 3.05) is 5.32 Å². The van der Waals surface area contributed by atoms with Crippen LogP contribution >= 0.6 is 11.3 Å². The van der Waals surface area contributed by atoms with Crippen molar-refractivity contribution < 1.29 is 4.79 Å². The maximum absolute atomic E-state index is 11.8. The molecule has 1 heterocycles. The van der Waals surface area contributed by atoms with Crippen molar-refractivity contribution in [1.29, 1.82) is 0 Å². The lowest BCUT2D eigenvalue weighted by molar-refractivity contribution is -0.116. The van der Waals surface area contributed by atoms with E-state index in [0.717, 1.165) is 33.8 Å². The molecule has 22 heavy (non-hydrogen) atoms. The molecule has 4 heteroatoms. The van der Waals surface area contributed by atoms with Crippen LogP contribution in [-0.2, 0) is 4.79 Å². The second-order valence-electron chi connectivity index (χ2n) is 5.31. The Labute approximate surface area is 134 Å². The van der Waals surface area contributed by atoms with Crippen molar-refractivity contribution in [2.45, 2.75) is 26.7 Å². The Morgan fingerprint density at radius 3 is 2.82 bits per heavy atom. The van der Waals surface area contributed by atoms with Crippen LogP contribution in [0.1, 0.15) is 25.3 Å². The zero-order valence-electron chi connectivity index (χ0n) is 12.7. The van der Waals surface area contributed by atoms with Crippen LogP contribution in [0.25, 0.3) is 20.8 Å². The molecule has 1 amide bonds. The van der Waals surface area contributed by atoms with Crippen molar-refractivity contribution in [2.24, 2.45) is 0 Å². The fourth-order valence-electron chi connectivity index (χ4n) is 2.33. The third-order valence-corrected chi connectivity index (χ3v) is 4.62. The molecule has 0 bridgehead atoms. The Bertz CT molecular complexity index is 790. The lowest BCUT2D eigenvalue weighted by atomic mass is 10.1. The zero-order valence-corrected chi connectivity index (χ0v) is 13.5. The molecular formula is C18H18N2OS. The third kappa shape index (κ3) is 3.02. The molecule has 0 radical (unpaired) electrons. The summed E-state index contributed by atoms with van der Waals surface area (Å²) in [4.78, 5) is 16.5. The molecule has 3 nitrogen and oxygen atoms in total. The Morgan fingerprint density at radius 2 is 2.05 bits per heavy atom. The Morgan fingerprint density at radius 1 is 1.23 bits per heavy atom. The minimum absolute atomic E-state index is 0.0621. The molecule has 0 unspecified atom stereocenters. The molecule has 1 N–H and O–H groups in total. The zero-order chi connectivity index (χ0) is 15.5. The summed E-state index contributed by atoms with van der Waals surface area (Å²) < 4.78 is 1.18. The van der Waals surface area contributed by atoms with E-state index < -0.39 is 0 Å². The standard InChI is InChI=1S/C18H18N2OS/c1-3-6-17(21)19-15-11-13(10-9-12(15)2)18-20-14-7-4-5-8-16(14)22-18/h4-5,7-11H,3,6H2,1-2H3,(H,19,21). The van der Waals surface area contributed by atoms with Crippen LogP contribution in [0.3, 0.4) is 0 Å². The predicted molar refractivity (Wildman–Crippen MR) is 93.3 cm³/mol. The molecule has 0 spiro atoms. The highest BCUT2D eigenvalue weighted by atomic mass is 32.1. The number of aryl methyl sites for hydroxylation is 1. The SMILES string of the molecule is CCCC(=O)Nc1cc(-c2nc3ccccc3s2)ccc1C. The second kappa shape index (κ2) is 6.28. The number of carbonyl (C=O) groups excluding carboxylic acids is 1. The smallest absolute Gasteiger partial charge is 0.224 e. The van der Waals surface area contributed by atoms with E-state index in [0.29, 0.717) is 6.42 Å². The largest absolute Gasteiger partial charge is 0.326 e. The second-order valence-corrected chi connectivity index (χ2v) is 6.35. The van der Waals surface area contributed by atoms with Gasteiger partial charge in [-0.2, -0.15) is 0 Å². The summed E-state index contributed by atoms with van der Waals surface area (Å²) >= 11 is 1.67. The van der Waals surface area contributed by atoms with Gasteiger partial charge in [0, 0.05) is 17.7 Å². The number of anilines is 1. The van der Waals surface area contributed by atoms with Gasteiger partial charge >= 0.3 is 0 Å². The summed E-state index contributed by atoms with van der Waals surface area (Å²) in [5.74, 6) is 0.0621. The van der Waals surface area contributed by atoms with E-state index in [9.17, 15) is 4.79 Å². The first-order valence-electron chi connectivity index (χ1n) is 7.44. The van der Waals surface area contributed by atoms with Crippen LogP contribution in [-0.4, -0.2) is 10.9 Å². The van der Waals surface area contributed by atoms with Gasteiger partial charge in [0.2, 0.25) is 5.91 Å². The predicted octanol–water partition coefficient (Wildman–Crippen LogP) is 5.01. The van der Waals surface area contributed by atoms with Crippen LogP contribution in [0.15, 0.2) is 42.5 Å². The number of rotatable bonds is 4. The van der Waals surface area contributed by atoms with Gasteiger partial charge in [0.1, 0.15) is 5.01 Å². The number of para-hydroxylation sites is 1. The van der Waals surface area contributed by atoms with E-state index in [-0.39, 0.29) is 5.91 Å². The van der Waals surface area contributed by atoms with Gasteiger partial charge in [0.05, 0.1) is 10.2 Å². The number of carbonyl (C=O) groups is 1. The van der Waals surface area contributed by atoms with Crippen LogP contribution in [0.2, 0.25) is 0 Å². The fourth-order valence-corrected chi connectivity index (χ4v) is 3.29. The number of hydrogen-bond donors (Lipinski definition) is 1. The molecule has 3 aromatic rings. The Hall–Kier alpha value is -2.20. The Kier molecular flexibility index (Phi) is 4.20. The molecular weight excluding hydrogens is 292 g/mol. The summed E-state index contributed by atoms with van der Waals surface area (Å²) in [7, 11) is 0. The van der Waals surface area contributed by atoms with Crippen molar-refractivity contribution in [3.63, 3.8) is 0 Å². The van der Waals surface area contributed by atoms with Gasteiger partial charge in [-0.15, -0.1) is 11.3 Å². The summed E-state index contributed by atoms with van der Waals surface area (Å²) in [5.41, 5.74) is 3.99. The van der Waals surface area contributed by atoms with E-state index in [1.165, 1.54) is 4.70 Å². The quantitative estimate of drug-likeness (QED) is 0.736. The van der Waals surface area contributed by atoms with Gasteiger partial charge in [0.15, 0.2) is 0 Å². The van der Waals surface area contributed by atoms with E-state index >= 15 is 0 Å². The van der Waals surface area contributed by atoms with Gasteiger partial charge < -0.3 is 5.32 Å². The number of fused-ring (bicyclic) bond motifs is 1. The molecule has 0 aliphatic carbocycles. The van der Waals surface area contributed by atoms with Crippen molar-refractivity contribution in [3.8, 4) is 10.6 Å². The minimum atomic E-state index is 0.0621. The summed E-state index contributed by atoms with van der Waals surface area (Å²) in [6, 6.07) is 14.2. The van der Waals surface area contributed by atoms with Crippen LogP contribution in [0, 0.1) is 6.92 Å². The number of thiazole rings is 1. The van der Waals surface area contributed by atoms with Crippen molar-refractivity contribution in [3.05, 3.63) is 48.0 Å². The van der Waals surface area contributed by atoms with Crippen LogP contribution < -0.4 is 5.32 Å². The highest BCUT2D eigenvalue weighted by Crippen LogP contribution is 2.32. The highest BCUT2D eigenvalue weighted by Gasteiger charge is 2.09. The number of hydrogen-bond acceptors (Lipinski definition) is 3. The van der Waals surface area contributed by atoms with E-state index in [2.05, 4.69) is 22.4 Å². The molecule has 0 aliphatic rings. The molecule has 0 saturated heterocycles. The summed E-state index contributed by atoms with van der Waals surface area (Å²) in [6.45, 7) is 4.01. The average molecular weight is 310 g/mol. The molecule has 3 rings (SSSR count). The molecule has 0 atom stereocenters. The molecule has 112 valence electrons. The van der Waals surface area contributed by atoms with Crippen LogP contribution in [0.4, 0.5) is 5.69 Å². The minimum Gasteiger partial charge on any atom is -0.326 e. The third-order valence-electron chi connectivity index (χ3n) is 3.53. The summed E-state index contributed by atoms with van der Waals surface area (Å²) in [5, 5.41) is 3.97. The number of nitrogens with zero attached hydrogens (tertiary/aromatic N) is 1. The number of nitrogens with one attached hydrogen (secondary N) is 1. The lowest BCUT2D eigenvalue weighted by Gasteiger charge is -2.09. The number of aromatic nitrogens is 1.